The Bertz CT molecular complexity index is 848. The van der Waals surface area contributed by atoms with E-state index >= 15 is 0 Å². The topological polar surface area (TPSA) is 47.5 Å². The fourth-order valence-electron chi connectivity index (χ4n) is 2.58. The molecule has 0 aliphatic heterocycles. The van der Waals surface area contributed by atoms with Gasteiger partial charge in [0.2, 0.25) is 0 Å². The molecule has 24 heavy (non-hydrogen) atoms. The summed E-state index contributed by atoms with van der Waals surface area (Å²) in [6, 6.07) is 13.9. The molecule has 0 unspecified atom stereocenters. The highest BCUT2D eigenvalue weighted by Gasteiger charge is 2.14. The van der Waals surface area contributed by atoms with Crippen molar-refractivity contribution in [2.75, 3.05) is 26.1 Å². The van der Waals surface area contributed by atoms with Crippen LogP contribution in [0.2, 0.25) is 0 Å². The van der Waals surface area contributed by atoms with Gasteiger partial charge in [-0.1, -0.05) is 30.3 Å². The van der Waals surface area contributed by atoms with Gasteiger partial charge in [-0.05, 0) is 18.6 Å². The molecule has 0 spiro atoms. The number of aryl methyl sites for hydroxylation is 1. The predicted octanol–water partition coefficient (Wildman–Crippen LogP) is 3.59. The van der Waals surface area contributed by atoms with Gasteiger partial charge in [0.25, 0.3) is 0 Å². The minimum Gasteiger partial charge on any atom is -0.493 e. The smallest absolute Gasteiger partial charge is 0.163 e. The van der Waals surface area contributed by atoms with Crippen molar-refractivity contribution in [2.45, 2.75) is 13.5 Å². The van der Waals surface area contributed by atoms with E-state index in [0.29, 0.717) is 18.1 Å². The van der Waals surface area contributed by atoms with Gasteiger partial charge >= 0.3 is 0 Å². The van der Waals surface area contributed by atoms with Crippen molar-refractivity contribution in [3.8, 4) is 11.5 Å². The van der Waals surface area contributed by atoms with E-state index in [1.54, 1.807) is 7.11 Å². The highest BCUT2D eigenvalue weighted by atomic mass is 16.5. The maximum Gasteiger partial charge on any atom is 0.163 e. The normalized spacial score (nSPS) is 10.7. The number of benzene rings is 2. The van der Waals surface area contributed by atoms with Crippen molar-refractivity contribution >= 4 is 16.7 Å². The van der Waals surface area contributed by atoms with Crippen LogP contribution in [0.3, 0.4) is 0 Å². The molecule has 0 amide bonds. The predicted molar refractivity (Wildman–Crippen MR) is 95.9 cm³/mol. The first-order valence-electron chi connectivity index (χ1n) is 7.79. The van der Waals surface area contributed by atoms with E-state index in [0.717, 1.165) is 28.1 Å². The van der Waals surface area contributed by atoms with Crippen molar-refractivity contribution in [3.63, 3.8) is 0 Å². The number of aromatic nitrogens is 2. The molecule has 0 N–H and O–H groups in total. The third kappa shape index (κ3) is 3.25. The Morgan fingerprint density at radius 1 is 1.00 bits per heavy atom. The van der Waals surface area contributed by atoms with E-state index in [1.807, 2.05) is 68.4 Å². The molecule has 2 aromatic carbocycles. The molecular formula is C19H21N3O2. The van der Waals surface area contributed by atoms with Gasteiger partial charge in [0.1, 0.15) is 18.2 Å². The van der Waals surface area contributed by atoms with Crippen LogP contribution < -0.4 is 14.4 Å². The van der Waals surface area contributed by atoms with Crippen molar-refractivity contribution in [1.82, 2.24) is 9.97 Å². The molecule has 1 aromatic heterocycles. The Kier molecular flexibility index (Phi) is 4.51. The summed E-state index contributed by atoms with van der Waals surface area (Å²) in [4.78, 5) is 11.0. The molecule has 5 nitrogen and oxygen atoms in total. The zero-order valence-corrected chi connectivity index (χ0v) is 14.4. The first-order valence-corrected chi connectivity index (χ1v) is 7.79. The van der Waals surface area contributed by atoms with Crippen molar-refractivity contribution in [1.29, 1.82) is 0 Å². The van der Waals surface area contributed by atoms with Crippen LogP contribution >= 0.6 is 0 Å². The summed E-state index contributed by atoms with van der Waals surface area (Å²) in [5.41, 5.74) is 1.95. The highest BCUT2D eigenvalue weighted by molar-refractivity contribution is 5.92. The number of nitrogens with zero attached hydrogens (tertiary/aromatic N) is 3. The lowest BCUT2D eigenvalue weighted by Gasteiger charge is -2.17. The van der Waals surface area contributed by atoms with Gasteiger partial charge in [0, 0.05) is 25.5 Å². The maximum absolute atomic E-state index is 5.96. The molecule has 5 heteroatoms. The van der Waals surface area contributed by atoms with E-state index in [4.69, 9.17) is 9.47 Å². The van der Waals surface area contributed by atoms with Gasteiger partial charge in [0.05, 0.1) is 12.6 Å². The van der Waals surface area contributed by atoms with Crippen LogP contribution in [0.5, 0.6) is 11.5 Å². The number of rotatable bonds is 5. The minimum atomic E-state index is 0.479. The van der Waals surface area contributed by atoms with Crippen molar-refractivity contribution in [3.05, 3.63) is 53.9 Å². The standard InChI is InChI=1S/C19H21N3O2/c1-13-20-16-11-18(24-12-14-8-6-5-7-9-14)17(23-4)10-15(16)19(21-13)22(2)3/h5-11H,12H2,1-4H3. The summed E-state index contributed by atoms with van der Waals surface area (Å²) in [7, 11) is 5.57. The molecule has 0 saturated heterocycles. The fraction of sp³-hybridized carbons (Fsp3) is 0.263. The van der Waals surface area contributed by atoms with Gasteiger partial charge in [-0.2, -0.15) is 0 Å². The van der Waals surface area contributed by atoms with Crippen LogP contribution in [-0.2, 0) is 6.61 Å². The highest BCUT2D eigenvalue weighted by Crippen LogP contribution is 2.35. The molecule has 0 bridgehead atoms. The molecule has 124 valence electrons. The van der Waals surface area contributed by atoms with Crippen molar-refractivity contribution in [2.24, 2.45) is 0 Å². The van der Waals surface area contributed by atoms with Crippen LogP contribution in [0, 0.1) is 6.92 Å². The summed E-state index contributed by atoms with van der Waals surface area (Å²) >= 11 is 0. The second-order valence-electron chi connectivity index (χ2n) is 5.78. The largest absolute Gasteiger partial charge is 0.493 e. The number of hydrogen-bond acceptors (Lipinski definition) is 5. The summed E-state index contributed by atoms with van der Waals surface area (Å²) in [6.45, 7) is 2.37. The number of hydrogen-bond donors (Lipinski definition) is 0. The van der Waals surface area contributed by atoms with Gasteiger partial charge in [0.15, 0.2) is 11.5 Å². The zero-order valence-electron chi connectivity index (χ0n) is 14.4. The molecule has 3 rings (SSSR count). The summed E-state index contributed by atoms with van der Waals surface area (Å²) in [6.07, 6.45) is 0. The van der Waals surface area contributed by atoms with Gasteiger partial charge in [-0.15, -0.1) is 0 Å². The van der Waals surface area contributed by atoms with E-state index in [-0.39, 0.29) is 0 Å². The van der Waals surface area contributed by atoms with Gasteiger partial charge < -0.3 is 14.4 Å². The SMILES string of the molecule is COc1cc2c(N(C)C)nc(C)nc2cc1OCc1ccccc1. The molecule has 0 atom stereocenters. The number of anilines is 1. The quantitative estimate of drug-likeness (QED) is 0.718. The van der Waals surface area contributed by atoms with E-state index < -0.39 is 0 Å². The van der Waals surface area contributed by atoms with Gasteiger partial charge in [-0.25, -0.2) is 9.97 Å². The van der Waals surface area contributed by atoms with E-state index in [2.05, 4.69) is 9.97 Å². The Balaban J connectivity index is 2.01. The van der Waals surface area contributed by atoms with Crippen LogP contribution in [0.1, 0.15) is 11.4 Å². The van der Waals surface area contributed by atoms with Crippen LogP contribution in [0.4, 0.5) is 5.82 Å². The third-order valence-electron chi connectivity index (χ3n) is 3.73. The molecule has 0 aliphatic rings. The molecular weight excluding hydrogens is 302 g/mol. The van der Waals surface area contributed by atoms with Crippen LogP contribution in [-0.4, -0.2) is 31.2 Å². The van der Waals surface area contributed by atoms with Crippen molar-refractivity contribution < 1.29 is 9.47 Å². The molecule has 0 radical (unpaired) electrons. The maximum atomic E-state index is 5.96. The lowest BCUT2D eigenvalue weighted by atomic mass is 10.2. The molecule has 0 fully saturated rings. The molecule has 0 aliphatic carbocycles. The van der Waals surface area contributed by atoms with Crippen LogP contribution in [0.15, 0.2) is 42.5 Å². The molecule has 0 saturated carbocycles. The monoisotopic (exact) mass is 323 g/mol. The third-order valence-corrected chi connectivity index (χ3v) is 3.73. The zero-order chi connectivity index (χ0) is 17.1. The summed E-state index contributed by atoms with van der Waals surface area (Å²) in [5, 5.41) is 0.939. The molecule has 1 heterocycles. The summed E-state index contributed by atoms with van der Waals surface area (Å²) in [5.74, 6) is 2.95. The first kappa shape index (κ1) is 16.1. The Morgan fingerprint density at radius 2 is 1.75 bits per heavy atom. The second kappa shape index (κ2) is 6.74. The Hall–Kier alpha value is -2.82. The Labute approximate surface area is 141 Å². The second-order valence-corrected chi connectivity index (χ2v) is 5.78. The van der Waals surface area contributed by atoms with Crippen LogP contribution in [0.25, 0.3) is 10.9 Å². The lowest BCUT2D eigenvalue weighted by molar-refractivity contribution is 0.285. The number of methoxy groups -OCH3 is 1. The van der Waals surface area contributed by atoms with E-state index in [1.165, 1.54) is 0 Å². The average Bonchev–Trinajstić information content (AvgIpc) is 2.59. The Morgan fingerprint density at radius 3 is 2.42 bits per heavy atom. The molecule has 3 aromatic rings. The summed E-state index contributed by atoms with van der Waals surface area (Å²) < 4.78 is 11.5. The number of ether oxygens (including phenoxy) is 2. The average molecular weight is 323 g/mol. The van der Waals surface area contributed by atoms with Gasteiger partial charge in [-0.3, -0.25) is 0 Å². The minimum absolute atomic E-state index is 0.479. The number of fused-ring (bicyclic) bond motifs is 1. The van der Waals surface area contributed by atoms with E-state index in [9.17, 15) is 0 Å². The lowest BCUT2D eigenvalue weighted by Crippen LogP contribution is -2.12. The first-order chi connectivity index (χ1) is 11.6. The fourth-order valence-corrected chi connectivity index (χ4v) is 2.58.